The van der Waals surface area contributed by atoms with Crippen LogP contribution in [0.1, 0.15) is 65.5 Å². The quantitative estimate of drug-likeness (QED) is 0.537. The minimum atomic E-state index is 0.240. The third kappa shape index (κ3) is 6.22. The molecule has 0 heterocycles. The Labute approximate surface area is 132 Å². The van der Waals surface area contributed by atoms with Crippen molar-refractivity contribution >= 4 is 0 Å². The first-order chi connectivity index (χ1) is 9.84. The summed E-state index contributed by atoms with van der Waals surface area (Å²) >= 11 is 0. The van der Waals surface area contributed by atoms with Crippen molar-refractivity contribution in [3.63, 3.8) is 0 Å². The van der Waals surface area contributed by atoms with Crippen LogP contribution in [-0.4, -0.2) is 13.2 Å². The molecule has 0 radical (unpaired) electrons. The van der Waals surface area contributed by atoms with Gasteiger partial charge in [0.25, 0.3) is 0 Å². The van der Waals surface area contributed by atoms with Crippen molar-refractivity contribution in [2.45, 2.75) is 66.2 Å². The Balaban J connectivity index is 2.43. The molecule has 0 aromatic heterocycles. The van der Waals surface area contributed by atoms with Gasteiger partial charge < -0.3 is 4.74 Å². The number of aryl methyl sites for hydroxylation is 1. The lowest BCUT2D eigenvalue weighted by atomic mass is 9.75. The van der Waals surface area contributed by atoms with Crippen LogP contribution in [0.5, 0.6) is 0 Å². The van der Waals surface area contributed by atoms with E-state index >= 15 is 0 Å². The van der Waals surface area contributed by atoms with Gasteiger partial charge in [0.2, 0.25) is 0 Å². The minimum absolute atomic E-state index is 0.240. The van der Waals surface area contributed by atoms with Crippen molar-refractivity contribution in [2.24, 2.45) is 11.8 Å². The second-order valence-electron chi connectivity index (χ2n) is 7.48. The summed E-state index contributed by atoms with van der Waals surface area (Å²) in [6, 6.07) is 9.10. The predicted molar refractivity (Wildman–Crippen MR) is 92.9 cm³/mol. The van der Waals surface area contributed by atoms with Gasteiger partial charge in [-0.1, -0.05) is 65.8 Å². The zero-order valence-electron chi connectivity index (χ0n) is 14.9. The zero-order chi connectivity index (χ0) is 15.9. The Morgan fingerprint density at radius 1 is 1.05 bits per heavy atom. The van der Waals surface area contributed by atoms with Crippen LogP contribution in [0, 0.1) is 11.8 Å². The molecular weight excluding hydrogens is 256 g/mol. The Kier molecular flexibility index (Phi) is 7.45. The second-order valence-corrected chi connectivity index (χ2v) is 7.48. The summed E-state index contributed by atoms with van der Waals surface area (Å²) in [5, 5.41) is 0. The normalized spacial score (nSPS) is 12.4. The van der Waals surface area contributed by atoms with Crippen LogP contribution in [0.15, 0.2) is 24.3 Å². The van der Waals surface area contributed by atoms with Crippen molar-refractivity contribution in [3.05, 3.63) is 35.4 Å². The molecule has 1 nitrogen and oxygen atoms in total. The van der Waals surface area contributed by atoms with Gasteiger partial charge in [0.05, 0.1) is 0 Å². The molecule has 0 spiro atoms. The molecule has 0 amide bonds. The maximum absolute atomic E-state index is 5.70. The standard InChI is InChI=1S/C20H34O/c1-16(2)12-14-21-13-8-10-18-9-7-11-19(15-18)20(5,6)17(3)4/h7,9,11,15-17H,8,10,12-14H2,1-6H3. The van der Waals surface area contributed by atoms with Crippen LogP contribution in [0.4, 0.5) is 0 Å². The molecule has 1 rings (SSSR count). The topological polar surface area (TPSA) is 9.23 Å². The molecule has 1 aromatic carbocycles. The molecule has 0 bridgehead atoms. The summed E-state index contributed by atoms with van der Waals surface area (Å²) in [5.41, 5.74) is 3.13. The smallest absolute Gasteiger partial charge is 0.0469 e. The lowest BCUT2D eigenvalue weighted by molar-refractivity contribution is 0.121. The highest BCUT2D eigenvalue weighted by Gasteiger charge is 2.24. The van der Waals surface area contributed by atoms with Crippen LogP contribution >= 0.6 is 0 Å². The fourth-order valence-electron chi connectivity index (χ4n) is 2.26. The van der Waals surface area contributed by atoms with Gasteiger partial charge >= 0.3 is 0 Å². The highest BCUT2D eigenvalue weighted by Crippen LogP contribution is 2.31. The molecule has 0 aliphatic heterocycles. The van der Waals surface area contributed by atoms with Crippen LogP contribution in [0.3, 0.4) is 0 Å². The maximum Gasteiger partial charge on any atom is 0.0469 e. The van der Waals surface area contributed by atoms with E-state index in [0.29, 0.717) is 5.92 Å². The number of ether oxygens (including phenoxy) is 1. The van der Waals surface area contributed by atoms with Crippen molar-refractivity contribution in [1.29, 1.82) is 0 Å². The molecule has 120 valence electrons. The average Bonchev–Trinajstić information content (AvgIpc) is 2.42. The molecular formula is C20H34O. The summed E-state index contributed by atoms with van der Waals surface area (Å²) in [7, 11) is 0. The first-order valence-corrected chi connectivity index (χ1v) is 8.51. The average molecular weight is 290 g/mol. The van der Waals surface area contributed by atoms with Crippen LogP contribution < -0.4 is 0 Å². The fourth-order valence-corrected chi connectivity index (χ4v) is 2.26. The van der Waals surface area contributed by atoms with Gasteiger partial charge in [-0.15, -0.1) is 0 Å². The summed E-state index contributed by atoms with van der Waals surface area (Å²) < 4.78 is 5.70. The predicted octanol–water partition coefficient (Wildman–Crippen LogP) is 5.62. The number of hydrogen-bond acceptors (Lipinski definition) is 1. The lowest BCUT2D eigenvalue weighted by Crippen LogP contribution is -2.24. The van der Waals surface area contributed by atoms with Gasteiger partial charge in [-0.3, -0.25) is 0 Å². The molecule has 0 atom stereocenters. The van der Waals surface area contributed by atoms with Gasteiger partial charge in [-0.05, 0) is 47.6 Å². The zero-order valence-corrected chi connectivity index (χ0v) is 14.9. The molecule has 1 heteroatoms. The molecule has 21 heavy (non-hydrogen) atoms. The van der Waals surface area contributed by atoms with Crippen molar-refractivity contribution in [3.8, 4) is 0 Å². The van der Waals surface area contributed by atoms with Gasteiger partial charge in [0.1, 0.15) is 0 Å². The third-order valence-corrected chi connectivity index (χ3v) is 4.71. The van der Waals surface area contributed by atoms with Gasteiger partial charge in [0, 0.05) is 13.2 Å². The largest absolute Gasteiger partial charge is 0.381 e. The van der Waals surface area contributed by atoms with Gasteiger partial charge in [-0.25, -0.2) is 0 Å². The number of hydrogen-bond donors (Lipinski definition) is 0. The van der Waals surface area contributed by atoms with E-state index in [1.54, 1.807) is 0 Å². The van der Waals surface area contributed by atoms with Crippen molar-refractivity contribution in [2.75, 3.05) is 13.2 Å². The van der Waals surface area contributed by atoms with Crippen molar-refractivity contribution < 1.29 is 4.74 Å². The van der Waals surface area contributed by atoms with Crippen molar-refractivity contribution in [1.82, 2.24) is 0 Å². The Morgan fingerprint density at radius 2 is 1.76 bits per heavy atom. The monoisotopic (exact) mass is 290 g/mol. The van der Waals surface area contributed by atoms with Gasteiger partial charge in [0.15, 0.2) is 0 Å². The highest BCUT2D eigenvalue weighted by molar-refractivity contribution is 5.29. The summed E-state index contributed by atoms with van der Waals surface area (Å²) in [6.07, 6.45) is 3.39. The fraction of sp³-hybridized carbons (Fsp3) is 0.700. The van der Waals surface area contributed by atoms with Crippen LogP contribution in [0.2, 0.25) is 0 Å². The molecule has 0 N–H and O–H groups in total. The van der Waals surface area contributed by atoms with E-state index in [2.05, 4.69) is 65.8 Å². The molecule has 0 aliphatic carbocycles. The molecule has 0 aliphatic rings. The first kappa shape index (κ1) is 18.2. The van der Waals surface area contributed by atoms with Crippen LogP contribution in [-0.2, 0) is 16.6 Å². The SMILES string of the molecule is CC(C)CCOCCCc1cccc(C(C)(C)C(C)C)c1. The summed E-state index contributed by atoms with van der Waals surface area (Å²) in [6.45, 7) is 15.5. The lowest BCUT2D eigenvalue weighted by Gasteiger charge is -2.30. The van der Waals surface area contributed by atoms with E-state index in [9.17, 15) is 0 Å². The van der Waals surface area contributed by atoms with Gasteiger partial charge in [-0.2, -0.15) is 0 Å². The van der Waals surface area contributed by atoms with E-state index in [0.717, 1.165) is 38.4 Å². The molecule has 1 aromatic rings. The Hall–Kier alpha value is -0.820. The Morgan fingerprint density at radius 3 is 2.38 bits per heavy atom. The molecule has 0 saturated carbocycles. The minimum Gasteiger partial charge on any atom is -0.381 e. The van der Waals surface area contributed by atoms with E-state index in [-0.39, 0.29) is 5.41 Å². The molecule has 0 unspecified atom stereocenters. The maximum atomic E-state index is 5.70. The second kappa shape index (κ2) is 8.58. The third-order valence-electron chi connectivity index (χ3n) is 4.71. The number of rotatable bonds is 9. The van der Waals surface area contributed by atoms with E-state index in [4.69, 9.17) is 4.74 Å². The summed E-state index contributed by atoms with van der Waals surface area (Å²) in [4.78, 5) is 0. The van der Waals surface area contributed by atoms with Crippen LogP contribution in [0.25, 0.3) is 0 Å². The summed E-state index contributed by atoms with van der Waals surface area (Å²) in [5.74, 6) is 1.38. The Bertz CT molecular complexity index is 404. The molecule has 0 fully saturated rings. The molecule has 0 saturated heterocycles. The number of benzene rings is 1. The van der Waals surface area contributed by atoms with E-state index < -0.39 is 0 Å². The highest BCUT2D eigenvalue weighted by atomic mass is 16.5. The van der Waals surface area contributed by atoms with E-state index in [1.807, 2.05) is 0 Å². The first-order valence-electron chi connectivity index (χ1n) is 8.51. The van der Waals surface area contributed by atoms with E-state index in [1.165, 1.54) is 11.1 Å².